The number of nitrogen functional groups attached to an aromatic ring is 1. The largest absolute Gasteiger partial charge is 0.451 e. The van der Waals surface area contributed by atoms with Crippen LogP contribution in [0.25, 0.3) is 22.3 Å². The van der Waals surface area contributed by atoms with Crippen molar-refractivity contribution in [3.05, 3.63) is 72.3 Å². The smallest absolute Gasteiger partial charge is 0.243 e. The van der Waals surface area contributed by atoms with Gasteiger partial charge in [-0.25, -0.2) is 27.8 Å². The molecule has 4 aromatic rings. The topological polar surface area (TPSA) is 108 Å². The predicted octanol–water partition coefficient (Wildman–Crippen LogP) is 5.21. The zero-order chi connectivity index (χ0) is 27.1. The number of carbonyl (C=O) groups excluding carboxylic acids is 1. The fraction of sp³-hybridized carbons (Fsp3) is 0.200. The summed E-state index contributed by atoms with van der Waals surface area (Å²) in [5.74, 6) is -9.78. The number of rotatable bonds is 6. The number of nitrogens with one attached hydrogen (secondary N) is 1. The van der Waals surface area contributed by atoms with Gasteiger partial charge in [-0.2, -0.15) is 13.9 Å². The fourth-order valence-corrected chi connectivity index (χ4v) is 4.52. The molecule has 1 saturated carbocycles. The van der Waals surface area contributed by atoms with Gasteiger partial charge >= 0.3 is 0 Å². The number of ether oxygens (including phenoxy) is 1. The third-order valence-electron chi connectivity index (χ3n) is 6.29. The number of carbonyl (C=O) groups is 1. The Morgan fingerprint density at radius 3 is 2.53 bits per heavy atom. The van der Waals surface area contributed by atoms with Crippen LogP contribution in [0.1, 0.15) is 26.7 Å². The van der Waals surface area contributed by atoms with Crippen LogP contribution in [-0.4, -0.2) is 31.7 Å². The minimum atomic E-state index is -1.76. The van der Waals surface area contributed by atoms with Crippen LogP contribution in [0.15, 0.2) is 43.2 Å². The van der Waals surface area contributed by atoms with E-state index < -0.39 is 40.6 Å². The quantitative estimate of drug-likeness (QED) is 0.201. The number of fused-ring (bicyclic) bond motifs is 1. The summed E-state index contributed by atoms with van der Waals surface area (Å²) in [5, 5.41) is 7.69. The molecule has 2 heterocycles. The van der Waals surface area contributed by atoms with E-state index in [1.807, 2.05) is 0 Å². The first kappa shape index (κ1) is 25.1. The van der Waals surface area contributed by atoms with Crippen LogP contribution in [0.3, 0.4) is 0 Å². The van der Waals surface area contributed by atoms with E-state index in [1.54, 1.807) is 4.68 Å². The van der Waals surface area contributed by atoms with E-state index in [2.05, 4.69) is 27.0 Å². The lowest BCUT2D eigenvalue weighted by Crippen LogP contribution is -2.31. The number of anilines is 1. The number of hydrogen-bond acceptors (Lipinski definition) is 6. The van der Waals surface area contributed by atoms with E-state index in [4.69, 9.17) is 10.5 Å². The summed E-state index contributed by atoms with van der Waals surface area (Å²) in [6.45, 7) is 3.45. The molecule has 0 spiro atoms. The van der Waals surface area contributed by atoms with E-state index in [0.29, 0.717) is 24.9 Å². The number of nitrogens with two attached hydrogens (primary N) is 1. The van der Waals surface area contributed by atoms with Crippen LogP contribution in [0.4, 0.5) is 27.8 Å². The fourth-order valence-electron chi connectivity index (χ4n) is 4.52. The molecule has 38 heavy (non-hydrogen) atoms. The highest BCUT2D eigenvalue weighted by atomic mass is 19.2. The minimum absolute atomic E-state index is 0. The van der Waals surface area contributed by atoms with Crippen LogP contribution >= 0.6 is 0 Å². The van der Waals surface area contributed by atoms with Gasteiger partial charge < -0.3 is 15.8 Å². The normalized spacial score (nSPS) is 17.1. The molecule has 1 aliphatic rings. The summed E-state index contributed by atoms with van der Waals surface area (Å²) in [4.78, 5) is 19.9. The lowest BCUT2D eigenvalue weighted by atomic mass is 10.1. The van der Waals surface area contributed by atoms with Gasteiger partial charge in [-0.3, -0.25) is 4.79 Å². The van der Waals surface area contributed by atoms with Crippen molar-refractivity contribution in [3.8, 4) is 22.8 Å². The Balaban J connectivity index is 0.00000353. The van der Waals surface area contributed by atoms with Gasteiger partial charge in [0.1, 0.15) is 29.4 Å². The third kappa shape index (κ3) is 4.40. The monoisotopic (exact) mass is 532 g/mol. The standard InChI is InChI=1S/C25H19F5N6O2.H2/c1-2-18(37)34-11-3-4-12(7-11)36-25-19(24(31)32-10-33-25)22(35-36)14-6-5-13(8-15(14)26)38-23-20(29)16(27)9-17(28)21(23)30;/h2,5-6,8-12H,1,3-4,7H2,(H,34,37)(H2,31,32,33);1H/t11-,12+;/m0./s1. The summed E-state index contributed by atoms with van der Waals surface area (Å²) < 4.78 is 76.8. The molecule has 13 heteroatoms. The summed E-state index contributed by atoms with van der Waals surface area (Å²) in [6.07, 6.45) is 4.30. The highest BCUT2D eigenvalue weighted by Gasteiger charge is 2.31. The summed E-state index contributed by atoms with van der Waals surface area (Å²) >= 11 is 0. The van der Waals surface area contributed by atoms with Crippen molar-refractivity contribution in [2.45, 2.75) is 31.3 Å². The molecule has 0 bridgehead atoms. The molecule has 8 nitrogen and oxygen atoms in total. The Morgan fingerprint density at radius 2 is 1.84 bits per heavy atom. The molecular weight excluding hydrogens is 511 g/mol. The van der Waals surface area contributed by atoms with Crippen molar-refractivity contribution in [1.82, 2.24) is 25.1 Å². The molecule has 0 aliphatic heterocycles. The molecule has 2 atom stereocenters. The van der Waals surface area contributed by atoms with Gasteiger partial charge in [0.15, 0.2) is 17.3 Å². The lowest BCUT2D eigenvalue weighted by molar-refractivity contribution is -0.117. The highest BCUT2D eigenvalue weighted by molar-refractivity contribution is 5.98. The first-order chi connectivity index (χ1) is 18.2. The van der Waals surface area contributed by atoms with Gasteiger partial charge in [0.2, 0.25) is 23.3 Å². The van der Waals surface area contributed by atoms with Crippen LogP contribution in [-0.2, 0) is 4.79 Å². The Kier molecular flexibility index (Phi) is 6.43. The van der Waals surface area contributed by atoms with Gasteiger partial charge in [-0.05, 0) is 37.5 Å². The highest BCUT2D eigenvalue weighted by Crippen LogP contribution is 2.39. The van der Waals surface area contributed by atoms with Crippen molar-refractivity contribution in [3.63, 3.8) is 0 Å². The van der Waals surface area contributed by atoms with Crippen LogP contribution < -0.4 is 15.8 Å². The molecule has 2 aromatic carbocycles. The molecule has 2 aromatic heterocycles. The van der Waals surface area contributed by atoms with E-state index >= 15 is 4.39 Å². The van der Waals surface area contributed by atoms with Gasteiger partial charge in [0.25, 0.3) is 0 Å². The van der Waals surface area contributed by atoms with Crippen molar-refractivity contribution >= 4 is 22.8 Å². The Hall–Kier alpha value is -4.55. The predicted molar refractivity (Wildman–Crippen MR) is 129 cm³/mol. The summed E-state index contributed by atoms with van der Waals surface area (Å²) in [6, 6.07) is 2.90. The van der Waals surface area contributed by atoms with Gasteiger partial charge in [0, 0.05) is 25.2 Å². The van der Waals surface area contributed by atoms with E-state index in [1.165, 1.54) is 18.5 Å². The molecule has 1 aliphatic carbocycles. The number of halogens is 5. The van der Waals surface area contributed by atoms with E-state index in [9.17, 15) is 22.4 Å². The average Bonchev–Trinajstić information content (AvgIpc) is 3.51. The second kappa shape index (κ2) is 9.72. The zero-order valence-corrected chi connectivity index (χ0v) is 19.5. The number of hydrogen-bond donors (Lipinski definition) is 2. The molecule has 3 N–H and O–H groups in total. The van der Waals surface area contributed by atoms with Gasteiger partial charge in [0.05, 0.1) is 11.4 Å². The first-order valence-corrected chi connectivity index (χ1v) is 11.4. The van der Waals surface area contributed by atoms with Crippen LogP contribution in [0, 0.1) is 29.1 Å². The maximum Gasteiger partial charge on any atom is 0.243 e. The van der Waals surface area contributed by atoms with Crippen molar-refractivity contribution < 1.29 is 32.9 Å². The molecule has 198 valence electrons. The summed E-state index contributed by atoms with van der Waals surface area (Å²) in [7, 11) is 0. The number of nitrogens with zero attached hydrogens (tertiary/aromatic N) is 4. The van der Waals surface area contributed by atoms with E-state index in [0.717, 1.165) is 12.1 Å². The van der Waals surface area contributed by atoms with Crippen molar-refractivity contribution in [2.24, 2.45) is 0 Å². The molecule has 1 fully saturated rings. The third-order valence-corrected chi connectivity index (χ3v) is 6.29. The van der Waals surface area contributed by atoms with Crippen molar-refractivity contribution in [2.75, 3.05) is 5.73 Å². The van der Waals surface area contributed by atoms with Gasteiger partial charge in [-0.1, -0.05) is 6.58 Å². The average molecular weight is 532 g/mol. The molecule has 5 rings (SSSR count). The molecule has 0 saturated heterocycles. The zero-order valence-electron chi connectivity index (χ0n) is 19.5. The Bertz CT molecular complexity index is 1570. The van der Waals surface area contributed by atoms with E-state index in [-0.39, 0.29) is 47.9 Å². The Labute approximate surface area is 213 Å². The summed E-state index contributed by atoms with van der Waals surface area (Å²) in [5.41, 5.74) is 6.50. The van der Waals surface area contributed by atoms with Crippen LogP contribution in [0.2, 0.25) is 0 Å². The SMILES string of the molecule is C=CC(=O)N[C@H]1CC[C@@H](n2nc(-c3ccc(Oc4c(F)c(F)cc(F)c4F)cc3F)c3c(N)ncnc32)C1.[HH]. The maximum absolute atomic E-state index is 15.3. The van der Waals surface area contributed by atoms with Gasteiger partial charge in [-0.15, -0.1) is 0 Å². The number of amides is 1. The number of benzene rings is 2. The van der Waals surface area contributed by atoms with Crippen LogP contribution in [0.5, 0.6) is 11.5 Å². The van der Waals surface area contributed by atoms with Crippen molar-refractivity contribution in [1.29, 1.82) is 0 Å². The first-order valence-electron chi connectivity index (χ1n) is 11.4. The molecule has 1 amide bonds. The minimum Gasteiger partial charge on any atom is -0.451 e. The molecule has 0 radical (unpaired) electrons. The second-order valence-corrected chi connectivity index (χ2v) is 8.67. The molecule has 0 unspecified atom stereocenters. The number of aromatic nitrogens is 4. The second-order valence-electron chi connectivity index (χ2n) is 8.67. The maximum atomic E-state index is 15.3. The lowest BCUT2D eigenvalue weighted by Gasteiger charge is -2.13. The molecular formula is C25H21F5N6O2. The Morgan fingerprint density at radius 1 is 1.11 bits per heavy atom.